The normalized spacial score (nSPS) is 12.7. The monoisotopic (exact) mass is 289 g/mol. The zero-order chi connectivity index (χ0) is 11.1. The van der Waals surface area contributed by atoms with E-state index in [-0.39, 0.29) is 0 Å². The van der Waals surface area contributed by atoms with Crippen LogP contribution in [0, 0.1) is 0 Å². The first-order valence-electron chi connectivity index (χ1n) is 4.94. The minimum atomic E-state index is -0.667. The Labute approximate surface area is 102 Å². The van der Waals surface area contributed by atoms with E-state index in [0.717, 1.165) is 29.7 Å². The van der Waals surface area contributed by atoms with Crippen molar-refractivity contribution in [3.05, 3.63) is 34.3 Å². The highest BCUT2D eigenvalue weighted by atomic mass is 79.9. The number of hydrogen-bond acceptors (Lipinski definition) is 2. The molecule has 15 heavy (non-hydrogen) atoms. The summed E-state index contributed by atoms with van der Waals surface area (Å²) in [4.78, 5) is 0. The predicted molar refractivity (Wildman–Crippen MR) is 69.4 cm³/mol. The second-order valence-electron chi connectivity index (χ2n) is 3.40. The fourth-order valence-electron chi connectivity index (χ4n) is 1.27. The van der Waals surface area contributed by atoms with Gasteiger partial charge in [0.2, 0.25) is 0 Å². The van der Waals surface area contributed by atoms with E-state index in [1.54, 1.807) is 6.26 Å². The second kappa shape index (κ2) is 7.14. The van der Waals surface area contributed by atoms with Crippen molar-refractivity contribution in [3.63, 3.8) is 0 Å². The van der Waals surface area contributed by atoms with Crippen LogP contribution in [-0.4, -0.2) is 22.8 Å². The van der Waals surface area contributed by atoms with Crippen molar-refractivity contribution in [2.24, 2.45) is 0 Å². The Kier molecular flexibility index (Phi) is 6.13. The van der Waals surface area contributed by atoms with E-state index in [0.29, 0.717) is 0 Å². The van der Waals surface area contributed by atoms with Gasteiger partial charge in [-0.1, -0.05) is 34.1 Å². The molecule has 1 aromatic carbocycles. The molecule has 0 aliphatic heterocycles. The van der Waals surface area contributed by atoms with Crippen molar-refractivity contribution in [2.75, 3.05) is 18.6 Å². The smallest absolute Gasteiger partial charge is 0.0244 e. The molecule has 0 aliphatic rings. The lowest BCUT2D eigenvalue weighted by molar-refractivity contribution is 0.661. The van der Waals surface area contributed by atoms with E-state index in [2.05, 4.69) is 27.3 Å². The molecule has 0 saturated carbocycles. The average Bonchev–Trinajstić information content (AvgIpc) is 2.20. The molecule has 0 fully saturated rings. The third-order valence-corrected chi connectivity index (χ3v) is 3.70. The third-order valence-electron chi connectivity index (χ3n) is 2.06. The van der Waals surface area contributed by atoms with Crippen molar-refractivity contribution in [3.8, 4) is 0 Å². The fourth-order valence-corrected chi connectivity index (χ4v) is 2.24. The first-order valence-corrected chi connectivity index (χ1v) is 7.46. The number of hydrogen-bond donors (Lipinski definition) is 1. The first-order chi connectivity index (χ1) is 7.20. The Balaban J connectivity index is 2.21. The van der Waals surface area contributed by atoms with Gasteiger partial charge in [0.05, 0.1) is 0 Å². The van der Waals surface area contributed by atoms with Crippen LogP contribution in [0.4, 0.5) is 0 Å². The molecule has 0 spiro atoms. The van der Waals surface area contributed by atoms with Crippen LogP contribution in [0.15, 0.2) is 28.7 Å². The van der Waals surface area contributed by atoms with E-state index in [1.807, 2.05) is 18.2 Å². The van der Waals surface area contributed by atoms with E-state index in [4.69, 9.17) is 0 Å². The number of nitrogens with one attached hydrogen (secondary N) is 1. The number of halogens is 1. The van der Waals surface area contributed by atoms with Crippen molar-refractivity contribution in [1.29, 1.82) is 0 Å². The van der Waals surface area contributed by atoms with Crippen molar-refractivity contribution >= 4 is 26.7 Å². The molecule has 0 amide bonds. The van der Waals surface area contributed by atoms with Gasteiger partial charge in [-0.15, -0.1) is 0 Å². The predicted octanol–water partition coefficient (Wildman–Crippen LogP) is 2.31. The zero-order valence-corrected chi connectivity index (χ0v) is 11.2. The summed E-state index contributed by atoms with van der Waals surface area (Å²) in [7, 11) is -0.667. The van der Waals surface area contributed by atoms with Crippen molar-refractivity contribution in [1.82, 2.24) is 5.32 Å². The van der Waals surface area contributed by atoms with Crippen molar-refractivity contribution < 1.29 is 4.21 Å². The van der Waals surface area contributed by atoms with Gasteiger partial charge in [-0.2, -0.15) is 0 Å². The topological polar surface area (TPSA) is 29.1 Å². The molecule has 0 bridgehead atoms. The van der Waals surface area contributed by atoms with E-state index >= 15 is 0 Å². The summed E-state index contributed by atoms with van der Waals surface area (Å²) in [5.74, 6) is 0.781. The van der Waals surface area contributed by atoms with Crippen LogP contribution in [0.5, 0.6) is 0 Å². The maximum Gasteiger partial charge on any atom is 0.0244 e. The van der Waals surface area contributed by atoms with Gasteiger partial charge in [0.25, 0.3) is 0 Å². The van der Waals surface area contributed by atoms with Gasteiger partial charge in [-0.3, -0.25) is 4.21 Å². The fraction of sp³-hybridized carbons (Fsp3) is 0.455. The highest BCUT2D eigenvalue weighted by molar-refractivity contribution is 9.10. The maximum atomic E-state index is 10.8. The molecular formula is C11H16BrNOS. The molecule has 0 saturated heterocycles. The van der Waals surface area contributed by atoms with Crippen LogP contribution in [0.2, 0.25) is 0 Å². The van der Waals surface area contributed by atoms with Crippen LogP contribution in [0.25, 0.3) is 0 Å². The Morgan fingerprint density at radius 1 is 1.40 bits per heavy atom. The molecule has 84 valence electrons. The quantitative estimate of drug-likeness (QED) is 0.815. The van der Waals surface area contributed by atoms with Gasteiger partial charge >= 0.3 is 0 Å². The Morgan fingerprint density at radius 2 is 2.13 bits per heavy atom. The van der Waals surface area contributed by atoms with Gasteiger partial charge in [-0.05, 0) is 24.6 Å². The summed E-state index contributed by atoms with van der Waals surface area (Å²) in [5.41, 5.74) is 1.26. The lowest BCUT2D eigenvalue weighted by Crippen LogP contribution is -2.16. The summed E-state index contributed by atoms with van der Waals surface area (Å²) in [6.45, 7) is 1.78. The van der Waals surface area contributed by atoms with Gasteiger partial charge in [0, 0.05) is 33.8 Å². The highest BCUT2D eigenvalue weighted by Crippen LogP contribution is 2.15. The molecule has 4 heteroatoms. The standard InChI is InChI=1S/C11H16BrNOS/c1-15(14)8-4-7-13-9-10-5-2-3-6-11(10)12/h2-3,5-6,13H,4,7-9H2,1H3. The second-order valence-corrected chi connectivity index (χ2v) is 5.81. The minimum absolute atomic E-state index is 0.667. The van der Waals surface area contributed by atoms with E-state index in [1.165, 1.54) is 5.56 Å². The molecule has 1 rings (SSSR count). The van der Waals surface area contributed by atoms with Crippen LogP contribution in [0.1, 0.15) is 12.0 Å². The third kappa shape index (κ3) is 5.44. The molecule has 1 N–H and O–H groups in total. The lowest BCUT2D eigenvalue weighted by atomic mass is 10.2. The number of rotatable bonds is 6. The first kappa shape index (κ1) is 12.9. The summed E-state index contributed by atoms with van der Waals surface area (Å²) in [5, 5.41) is 3.33. The van der Waals surface area contributed by atoms with Gasteiger partial charge in [0.1, 0.15) is 0 Å². The molecule has 1 aromatic rings. The molecular weight excluding hydrogens is 274 g/mol. The van der Waals surface area contributed by atoms with Gasteiger partial charge in [0.15, 0.2) is 0 Å². The summed E-state index contributed by atoms with van der Waals surface area (Å²) >= 11 is 3.50. The average molecular weight is 290 g/mol. The largest absolute Gasteiger partial charge is 0.313 e. The minimum Gasteiger partial charge on any atom is -0.313 e. The molecule has 0 heterocycles. The van der Waals surface area contributed by atoms with Crippen LogP contribution >= 0.6 is 15.9 Å². The maximum absolute atomic E-state index is 10.8. The molecule has 0 aromatic heterocycles. The Bertz CT molecular complexity index is 330. The van der Waals surface area contributed by atoms with Gasteiger partial charge in [-0.25, -0.2) is 0 Å². The summed E-state index contributed by atoms with van der Waals surface area (Å²) in [6.07, 6.45) is 2.71. The zero-order valence-electron chi connectivity index (χ0n) is 8.83. The SMILES string of the molecule is CS(=O)CCCNCc1ccccc1Br. The Hall–Kier alpha value is -0.190. The van der Waals surface area contributed by atoms with E-state index in [9.17, 15) is 4.21 Å². The molecule has 1 atom stereocenters. The Morgan fingerprint density at radius 3 is 2.80 bits per heavy atom. The number of benzene rings is 1. The lowest BCUT2D eigenvalue weighted by Gasteiger charge is -2.05. The van der Waals surface area contributed by atoms with Crippen LogP contribution in [-0.2, 0) is 17.3 Å². The van der Waals surface area contributed by atoms with Crippen molar-refractivity contribution in [2.45, 2.75) is 13.0 Å². The summed E-state index contributed by atoms with van der Waals surface area (Å²) in [6, 6.07) is 8.17. The summed E-state index contributed by atoms with van der Waals surface area (Å²) < 4.78 is 11.9. The molecule has 2 nitrogen and oxygen atoms in total. The molecule has 0 radical (unpaired) electrons. The van der Waals surface area contributed by atoms with E-state index < -0.39 is 10.8 Å². The van der Waals surface area contributed by atoms with Crippen LogP contribution < -0.4 is 5.32 Å². The highest BCUT2D eigenvalue weighted by Gasteiger charge is 1.97. The van der Waals surface area contributed by atoms with Gasteiger partial charge < -0.3 is 5.32 Å². The molecule has 1 unspecified atom stereocenters. The van der Waals surface area contributed by atoms with Crippen LogP contribution in [0.3, 0.4) is 0 Å². The molecule has 0 aliphatic carbocycles.